The molecule has 10 aromatic carbocycles. The summed E-state index contributed by atoms with van der Waals surface area (Å²) in [6.07, 6.45) is 0. The molecule has 0 aliphatic carbocycles. The molecule has 0 amide bonds. The third-order valence-electron chi connectivity index (χ3n) is 14.7. The number of benzene rings is 10. The molecule has 67 heavy (non-hydrogen) atoms. The van der Waals surface area contributed by atoms with E-state index < -0.39 is 0 Å². The predicted molar refractivity (Wildman–Crippen MR) is 287 cm³/mol. The molecule has 0 aliphatic rings. The van der Waals surface area contributed by atoms with Gasteiger partial charge in [-0.2, -0.15) is 0 Å². The van der Waals surface area contributed by atoms with Crippen molar-refractivity contribution in [2.24, 2.45) is 0 Å². The molecule has 0 saturated heterocycles. The van der Waals surface area contributed by atoms with Gasteiger partial charge in [0.25, 0.3) is 0 Å². The number of fused-ring (bicyclic) bond motifs is 8. The Morgan fingerprint density at radius 2 is 0.657 bits per heavy atom. The number of rotatable bonds is 8. The molecule has 0 bridgehead atoms. The van der Waals surface area contributed by atoms with Crippen LogP contribution in [0.25, 0.3) is 65.7 Å². The van der Waals surface area contributed by atoms with Crippen LogP contribution < -0.4 is 9.80 Å². The zero-order valence-corrected chi connectivity index (χ0v) is 39.6. The second-order valence-electron chi connectivity index (χ2n) is 18.3. The van der Waals surface area contributed by atoms with E-state index in [9.17, 15) is 0 Å². The van der Waals surface area contributed by atoms with Crippen LogP contribution in [0.1, 0.15) is 44.5 Å². The second kappa shape index (κ2) is 16.5. The van der Waals surface area contributed by atoms with E-state index in [0.29, 0.717) is 0 Å². The summed E-state index contributed by atoms with van der Waals surface area (Å²) in [6, 6.07) is 65.6. The third kappa shape index (κ3) is 6.71. The van der Waals surface area contributed by atoms with Gasteiger partial charge < -0.3 is 14.2 Å². The molecule has 11 aromatic rings. The van der Waals surface area contributed by atoms with Gasteiger partial charge in [-0.3, -0.25) is 0 Å². The molecule has 0 fully saturated rings. The second-order valence-corrected chi connectivity index (χ2v) is 18.3. The highest BCUT2D eigenvalue weighted by atomic mass is 16.3. The van der Waals surface area contributed by atoms with Crippen LogP contribution in [0, 0.1) is 55.4 Å². The average molecular weight is 867 g/mol. The lowest BCUT2D eigenvalue weighted by Gasteiger charge is -2.31. The maximum absolute atomic E-state index is 7.10. The van der Waals surface area contributed by atoms with Crippen LogP contribution in [0.15, 0.2) is 186 Å². The molecule has 0 saturated carbocycles. The standard InChI is InChI=1S/C64H54N2O/c1-39-43(5)62(65(49-23-13-9-14-24-49)50-25-15-10-16-26-50)44(6)40(2)59(39)47-33-35-55-57(37-47)53-31-21-22-32-54(53)61-56-36-34-48(38-58(56)67-64(55)61)60-41(3)45(7)63(46(8)42(60)4)66(51-27-17-11-18-28-51)52-29-19-12-20-30-52/h9-38H,1-8H3. The van der Waals surface area contributed by atoms with Crippen LogP contribution in [0.2, 0.25) is 0 Å². The van der Waals surface area contributed by atoms with E-state index in [1.165, 1.54) is 99.7 Å². The number of nitrogens with zero attached hydrogens (tertiary/aromatic N) is 2. The molecule has 1 aromatic heterocycles. The topological polar surface area (TPSA) is 19.6 Å². The van der Waals surface area contributed by atoms with Gasteiger partial charge >= 0.3 is 0 Å². The van der Waals surface area contributed by atoms with Crippen LogP contribution in [0.5, 0.6) is 0 Å². The Bertz CT molecular complexity index is 3560. The molecule has 11 rings (SSSR count). The Labute approximate surface area is 394 Å². The molecule has 3 nitrogen and oxygen atoms in total. The van der Waals surface area contributed by atoms with Crippen molar-refractivity contribution in [3.05, 3.63) is 226 Å². The van der Waals surface area contributed by atoms with Crippen LogP contribution in [-0.4, -0.2) is 0 Å². The highest BCUT2D eigenvalue weighted by molar-refractivity contribution is 6.30. The number of hydrogen-bond acceptors (Lipinski definition) is 3. The maximum atomic E-state index is 7.10. The SMILES string of the molecule is Cc1c(C)c(N(c2ccccc2)c2ccccc2)c(C)c(C)c1-c1ccc2c(c1)oc1c3ccc(-c4c(C)c(C)c(N(c5ccccc5)c5ccccc5)c(C)c4C)cc3c3ccccc3c21. The minimum atomic E-state index is 0.900. The largest absolute Gasteiger partial charge is 0.455 e. The smallest absolute Gasteiger partial charge is 0.143 e. The first-order valence-electron chi connectivity index (χ1n) is 23.4. The molecule has 0 spiro atoms. The van der Waals surface area contributed by atoms with Gasteiger partial charge in [0.15, 0.2) is 0 Å². The lowest BCUT2D eigenvalue weighted by molar-refractivity contribution is 0.673. The molecule has 0 atom stereocenters. The normalized spacial score (nSPS) is 11.6. The Hall–Kier alpha value is -7.88. The molecule has 0 radical (unpaired) electrons. The molecule has 0 unspecified atom stereocenters. The maximum Gasteiger partial charge on any atom is 0.143 e. The first-order chi connectivity index (χ1) is 32.6. The summed E-state index contributed by atoms with van der Waals surface area (Å²) in [5.41, 5.74) is 24.0. The van der Waals surface area contributed by atoms with E-state index in [-0.39, 0.29) is 0 Å². The van der Waals surface area contributed by atoms with Crippen LogP contribution in [0.4, 0.5) is 34.1 Å². The minimum absolute atomic E-state index is 0.900. The lowest BCUT2D eigenvalue weighted by Crippen LogP contribution is -2.15. The van der Waals surface area contributed by atoms with E-state index in [4.69, 9.17) is 4.42 Å². The van der Waals surface area contributed by atoms with Crippen molar-refractivity contribution in [1.29, 1.82) is 0 Å². The molecule has 3 heteroatoms. The van der Waals surface area contributed by atoms with Gasteiger partial charge in [-0.05, 0) is 211 Å². The quantitative estimate of drug-likeness (QED) is 0.142. The molecular weight excluding hydrogens is 813 g/mol. The van der Waals surface area contributed by atoms with Crippen LogP contribution in [0.3, 0.4) is 0 Å². The van der Waals surface area contributed by atoms with Crippen molar-refractivity contribution in [3.63, 3.8) is 0 Å². The summed E-state index contributed by atoms with van der Waals surface area (Å²) in [4.78, 5) is 4.82. The van der Waals surface area contributed by atoms with Gasteiger partial charge in [0, 0.05) is 38.9 Å². The molecular formula is C64H54N2O. The Morgan fingerprint density at radius 3 is 1.07 bits per heavy atom. The fourth-order valence-electron chi connectivity index (χ4n) is 11.0. The van der Waals surface area contributed by atoms with E-state index in [1.807, 2.05) is 0 Å². The van der Waals surface area contributed by atoms with Gasteiger partial charge in [-0.15, -0.1) is 0 Å². The van der Waals surface area contributed by atoms with E-state index in [0.717, 1.165) is 44.7 Å². The summed E-state index contributed by atoms with van der Waals surface area (Å²) in [6.45, 7) is 18.3. The van der Waals surface area contributed by atoms with Gasteiger partial charge in [0.1, 0.15) is 11.2 Å². The van der Waals surface area contributed by atoms with Crippen LogP contribution in [-0.2, 0) is 0 Å². The summed E-state index contributed by atoms with van der Waals surface area (Å²) >= 11 is 0. The minimum Gasteiger partial charge on any atom is -0.455 e. The summed E-state index contributed by atoms with van der Waals surface area (Å²) in [5, 5.41) is 7.06. The fraction of sp³-hybridized carbons (Fsp3) is 0.125. The summed E-state index contributed by atoms with van der Waals surface area (Å²) < 4.78 is 7.10. The first kappa shape index (κ1) is 41.8. The molecule has 326 valence electrons. The van der Waals surface area contributed by atoms with Crippen molar-refractivity contribution >= 4 is 77.6 Å². The summed E-state index contributed by atoms with van der Waals surface area (Å²) in [7, 11) is 0. The van der Waals surface area contributed by atoms with Crippen molar-refractivity contribution in [1.82, 2.24) is 0 Å². The Kier molecular flexibility index (Phi) is 10.3. The number of para-hydroxylation sites is 4. The van der Waals surface area contributed by atoms with Gasteiger partial charge in [0.2, 0.25) is 0 Å². The van der Waals surface area contributed by atoms with Crippen LogP contribution >= 0.6 is 0 Å². The third-order valence-corrected chi connectivity index (χ3v) is 14.7. The zero-order valence-electron chi connectivity index (χ0n) is 39.6. The number of hydrogen-bond donors (Lipinski definition) is 0. The van der Waals surface area contributed by atoms with Gasteiger partial charge in [0.05, 0.1) is 11.4 Å². The zero-order chi connectivity index (χ0) is 46.1. The fourth-order valence-corrected chi connectivity index (χ4v) is 11.0. The monoisotopic (exact) mass is 866 g/mol. The van der Waals surface area contributed by atoms with Crippen molar-refractivity contribution in [2.45, 2.75) is 55.4 Å². The highest BCUT2D eigenvalue weighted by Gasteiger charge is 2.26. The average Bonchev–Trinajstić information content (AvgIpc) is 3.76. The van der Waals surface area contributed by atoms with Gasteiger partial charge in [-0.25, -0.2) is 0 Å². The Balaban J connectivity index is 1.06. The Morgan fingerprint density at radius 1 is 0.299 bits per heavy atom. The summed E-state index contributed by atoms with van der Waals surface area (Å²) in [5.74, 6) is 0. The molecule has 0 aliphatic heterocycles. The molecule has 1 heterocycles. The van der Waals surface area contributed by atoms with E-state index in [1.54, 1.807) is 0 Å². The molecule has 0 N–H and O–H groups in total. The lowest BCUT2D eigenvalue weighted by atomic mass is 9.86. The van der Waals surface area contributed by atoms with E-state index >= 15 is 0 Å². The predicted octanol–water partition coefficient (Wildman–Crippen LogP) is 18.6. The van der Waals surface area contributed by atoms with Crippen molar-refractivity contribution < 1.29 is 4.42 Å². The number of anilines is 6. The van der Waals surface area contributed by atoms with Crippen molar-refractivity contribution in [2.75, 3.05) is 9.80 Å². The van der Waals surface area contributed by atoms with E-state index in [2.05, 4.69) is 247 Å². The van der Waals surface area contributed by atoms with Crippen molar-refractivity contribution in [3.8, 4) is 22.3 Å². The number of furan rings is 1. The highest BCUT2D eigenvalue weighted by Crippen LogP contribution is 2.49. The first-order valence-corrected chi connectivity index (χ1v) is 23.4. The van der Waals surface area contributed by atoms with Gasteiger partial charge in [-0.1, -0.05) is 109 Å².